The average molecular weight is 458 g/mol. The number of hydrogen-bond acceptors (Lipinski definition) is 7. The molecular weight excluding hydrogens is 430 g/mol. The van der Waals surface area contributed by atoms with E-state index in [-0.39, 0.29) is 12.3 Å². The van der Waals surface area contributed by atoms with Gasteiger partial charge >= 0.3 is 5.97 Å². The fourth-order valence-corrected chi connectivity index (χ4v) is 6.17. The Bertz CT molecular complexity index is 1070. The van der Waals surface area contributed by atoms with Crippen LogP contribution in [-0.2, 0) is 22.4 Å². The summed E-state index contributed by atoms with van der Waals surface area (Å²) in [6.07, 6.45) is 3.03. The predicted octanol–water partition coefficient (Wildman–Crippen LogP) is 4.97. The molecule has 3 rings (SSSR count). The third-order valence-corrected chi connectivity index (χ3v) is 7.94. The third-order valence-electron chi connectivity index (χ3n) is 5.80. The molecule has 1 atom stereocenters. The number of esters is 1. The Balaban J connectivity index is 1.70. The Morgan fingerprint density at radius 3 is 2.74 bits per heavy atom. The number of carbonyl (C=O) groups is 2. The van der Waals surface area contributed by atoms with Crippen LogP contribution in [0.3, 0.4) is 0 Å². The molecule has 0 bridgehead atoms. The van der Waals surface area contributed by atoms with Crippen molar-refractivity contribution >= 4 is 40.0 Å². The summed E-state index contributed by atoms with van der Waals surface area (Å²) in [5, 5.41) is 13.7. The van der Waals surface area contributed by atoms with Crippen LogP contribution in [0.4, 0.5) is 5.00 Å². The minimum atomic E-state index is -0.398. The van der Waals surface area contributed by atoms with Gasteiger partial charge in [-0.05, 0) is 62.6 Å². The number of ether oxygens (including phenoxy) is 1. The fourth-order valence-electron chi connectivity index (χ4n) is 3.73. The highest BCUT2D eigenvalue weighted by Gasteiger charge is 2.28. The van der Waals surface area contributed by atoms with Crippen molar-refractivity contribution in [3.05, 3.63) is 38.4 Å². The molecule has 0 spiro atoms. The van der Waals surface area contributed by atoms with Gasteiger partial charge in [0.05, 0.1) is 18.2 Å². The molecule has 2 aromatic heterocycles. The summed E-state index contributed by atoms with van der Waals surface area (Å²) in [6.45, 7) is 8.01. The number of methoxy groups -OCH3 is 1. The summed E-state index contributed by atoms with van der Waals surface area (Å²) in [7, 11) is 1.37. The van der Waals surface area contributed by atoms with Crippen LogP contribution in [0.15, 0.2) is 5.03 Å². The summed E-state index contributed by atoms with van der Waals surface area (Å²) in [5.74, 6) is 0.499. The van der Waals surface area contributed by atoms with Crippen molar-refractivity contribution < 1.29 is 14.3 Å². The van der Waals surface area contributed by atoms with Crippen molar-refractivity contribution in [2.24, 2.45) is 5.92 Å². The Morgan fingerprint density at radius 2 is 2.06 bits per heavy atom. The maximum Gasteiger partial charge on any atom is 0.341 e. The van der Waals surface area contributed by atoms with E-state index < -0.39 is 5.97 Å². The molecule has 0 saturated heterocycles. The largest absolute Gasteiger partial charge is 0.465 e. The van der Waals surface area contributed by atoms with E-state index in [4.69, 9.17) is 4.74 Å². The van der Waals surface area contributed by atoms with E-state index in [0.29, 0.717) is 32.8 Å². The molecule has 31 heavy (non-hydrogen) atoms. The first-order chi connectivity index (χ1) is 14.8. The van der Waals surface area contributed by atoms with E-state index in [1.54, 1.807) is 0 Å². The number of carbonyl (C=O) groups excluding carboxylic acids is 2. The van der Waals surface area contributed by atoms with Crippen molar-refractivity contribution in [3.63, 3.8) is 0 Å². The van der Waals surface area contributed by atoms with Crippen LogP contribution >= 0.6 is 23.1 Å². The van der Waals surface area contributed by atoms with E-state index in [9.17, 15) is 14.9 Å². The van der Waals surface area contributed by atoms with Crippen LogP contribution in [0, 0.1) is 38.0 Å². The predicted molar refractivity (Wildman–Crippen MR) is 124 cm³/mol. The van der Waals surface area contributed by atoms with E-state index in [0.717, 1.165) is 46.5 Å². The van der Waals surface area contributed by atoms with Crippen LogP contribution in [0.5, 0.6) is 0 Å². The van der Waals surface area contributed by atoms with Gasteiger partial charge in [0.25, 0.3) is 0 Å². The number of nitrogens with zero attached hydrogens (tertiary/aromatic N) is 2. The van der Waals surface area contributed by atoms with Gasteiger partial charge in [-0.15, -0.1) is 23.1 Å². The summed E-state index contributed by atoms with van der Waals surface area (Å²) < 4.78 is 4.98. The molecule has 1 N–H and O–H groups in total. The van der Waals surface area contributed by atoms with Gasteiger partial charge in [-0.1, -0.05) is 6.92 Å². The summed E-state index contributed by atoms with van der Waals surface area (Å²) >= 11 is 2.89. The zero-order valence-electron chi connectivity index (χ0n) is 18.5. The van der Waals surface area contributed by atoms with Crippen LogP contribution in [0.2, 0.25) is 0 Å². The van der Waals surface area contributed by atoms with Gasteiger partial charge in [0.15, 0.2) is 0 Å². The molecule has 2 heterocycles. The molecule has 164 valence electrons. The van der Waals surface area contributed by atoms with Crippen molar-refractivity contribution in [1.29, 1.82) is 5.26 Å². The molecular formula is C23H27N3O3S2. The first-order valence-electron chi connectivity index (χ1n) is 10.3. The number of anilines is 1. The van der Waals surface area contributed by atoms with Gasteiger partial charge in [0, 0.05) is 22.7 Å². The molecule has 8 heteroatoms. The zero-order valence-corrected chi connectivity index (χ0v) is 20.2. The number of nitriles is 1. The van der Waals surface area contributed by atoms with Crippen LogP contribution in [0.1, 0.15) is 62.9 Å². The Kier molecular flexibility index (Phi) is 7.39. The monoisotopic (exact) mass is 457 g/mol. The Morgan fingerprint density at radius 1 is 1.32 bits per heavy atom. The molecule has 0 radical (unpaired) electrons. The van der Waals surface area contributed by atoms with Crippen LogP contribution in [-0.4, -0.2) is 29.7 Å². The first-order valence-corrected chi connectivity index (χ1v) is 12.1. The second-order valence-corrected chi connectivity index (χ2v) is 10.1. The lowest BCUT2D eigenvalue weighted by atomic mass is 9.88. The number of pyridine rings is 1. The lowest BCUT2D eigenvalue weighted by molar-refractivity contribution is -0.115. The number of hydrogen-bond donors (Lipinski definition) is 1. The number of rotatable bonds is 6. The van der Waals surface area contributed by atoms with Crippen LogP contribution < -0.4 is 5.32 Å². The highest BCUT2D eigenvalue weighted by molar-refractivity contribution is 7.99. The van der Waals surface area contributed by atoms with Gasteiger partial charge in [0.1, 0.15) is 16.1 Å². The molecule has 0 fully saturated rings. The van der Waals surface area contributed by atoms with Gasteiger partial charge in [0.2, 0.25) is 5.91 Å². The van der Waals surface area contributed by atoms with E-state index in [1.165, 1.54) is 30.2 Å². The molecule has 0 aliphatic heterocycles. The second kappa shape index (κ2) is 9.84. The minimum absolute atomic E-state index is 0.164. The SMILES string of the molecule is COC(=O)c1c(NC(=O)CCSc2nc(C)c(C)c(C)c2C#N)sc2c1CCC(C)C2. The number of aryl methyl sites for hydroxylation is 1. The van der Waals surface area contributed by atoms with E-state index in [2.05, 4.69) is 23.3 Å². The van der Waals surface area contributed by atoms with Crippen molar-refractivity contribution in [2.75, 3.05) is 18.2 Å². The van der Waals surface area contributed by atoms with Gasteiger partial charge in [-0.2, -0.15) is 5.26 Å². The smallest absolute Gasteiger partial charge is 0.341 e. The molecule has 1 aliphatic rings. The highest BCUT2D eigenvalue weighted by Crippen LogP contribution is 2.40. The highest BCUT2D eigenvalue weighted by atomic mass is 32.2. The first kappa shape index (κ1) is 23.3. The maximum atomic E-state index is 12.6. The number of aromatic nitrogens is 1. The summed E-state index contributed by atoms with van der Waals surface area (Å²) in [5.41, 5.74) is 4.95. The molecule has 6 nitrogen and oxygen atoms in total. The summed E-state index contributed by atoms with van der Waals surface area (Å²) in [4.78, 5) is 30.7. The minimum Gasteiger partial charge on any atom is -0.465 e. The molecule has 2 aromatic rings. The number of fused-ring (bicyclic) bond motifs is 1. The van der Waals surface area contributed by atoms with Gasteiger partial charge in [-0.25, -0.2) is 9.78 Å². The van der Waals surface area contributed by atoms with E-state index >= 15 is 0 Å². The normalized spacial score (nSPS) is 15.2. The average Bonchev–Trinajstić information content (AvgIpc) is 3.08. The zero-order chi connectivity index (χ0) is 22.7. The third kappa shape index (κ3) is 4.94. The van der Waals surface area contributed by atoms with Crippen LogP contribution in [0.25, 0.3) is 0 Å². The quantitative estimate of drug-likeness (QED) is 0.486. The van der Waals surface area contributed by atoms with E-state index in [1.807, 2.05) is 20.8 Å². The topological polar surface area (TPSA) is 92.1 Å². The molecule has 1 unspecified atom stereocenters. The second-order valence-electron chi connectivity index (χ2n) is 7.93. The Hall–Kier alpha value is -2.37. The summed E-state index contributed by atoms with van der Waals surface area (Å²) in [6, 6.07) is 2.23. The van der Waals surface area contributed by atoms with Crippen molar-refractivity contribution in [3.8, 4) is 6.07 Å². The lowest BCUT2D eigenvalue weighted by Gasteiger charge is -2.18. The number of amides is 1. The van der Waals surface area contributed by atoms with Crippen molar-refractivity contribution in [1.82, 2.24) is 4.98 Å². The molecule has 0 aromatic carbocycles. The number of thioether (sulfide) groups is 1. The fraction of sp³-hybridized carbons (Fsp3) is 0.478. The Labute approximate surface area is 191 Å². The maximum absolute atomic E-state index is 12.6. The van der Waals surface area contributed by atoms with Crippen molar-refractivity contribution in [2.45, 2.75) is 58.4 Å². The lowest BCUT2D eigenvalue weighted by Crippen LogP contribution is -2.16. The van der Waals surface area contributed by atoms with Gasteiger partial charge in [-0.3, -0.25) is 4.79 Å². The molecule has 0 saturated carbocycles. The number of thiophene rings is 1. The standard InChI is InChI=1S/C23H27N3O3S2/c1-12-6-7-16-18(10-12)31-22(20(16)23(28)29-5)26-19(27)8-9-30-21-17(11-24)14(3)13(2)15(4)25-21/h12H,6-10H2,1-5H3,(H,26,27). The molecule has 1 aliphatic carbocycles. The van der Waals surface area contributed by atoms with Gasteiger partial charge < -0.3 is 10.1 Å². The molecule has 1 amide bonds. The number of nitrogens with one attached hydrogen (secondary N) is 1.